The lowest BCUT2D eigenvalue weighted by molar-refractivity contribution is -0.182. The van der Waals surface area contributed by atoms with E-state index in [1.54, 1.807) is 26.0 Å². The molecular formula is C27H33F2N4O10P. The minimum absolute atomic E-state index is 0.0125. The second-order valence-corrected chi connectivity index (χ2v) is 11.4. The van der Waals surface area contributed by atoms with Gasteiger partial charge in [-0.2, -0.15) is 13.8 Å². The first-order valence-electron chi connectivity index (χ1n) is 13.7. The zero-order valence-corrected chi connectivity index (χ0v) is 25.3. The van der Waals surface area contributed by atoms with E-state index in [1.807, 2.05) is 0 Å². The third kappa shape index (κ3) is 7.32. The van der Waals surface area contributed by atoms with E-state index in [0.29, 0.717) is 11.0 Å². The van der Waals surface area contributed by atoms with Crippen molar-refractivity contribution in [3.05, 3.63) is 47.0 Å². The van der Waals surface area contributed by atoms with Gasteiger partial charge < -0.3 is 34.3 Å². The molecule has 2 aromatic rings. The molecule has 0 amide bonds. The topological polar surface area (TPSA) is 186 Å². The lowest BCUT2D eigenvalue weighted by Crippen LogP contribution is -2.55. The van der Waals surface area contributed by atoms with Gasteiger partial charge >= 0.3 is 31.7 Å². The quantitative estimate of drug-likeness (QED) is 0.279. The lowest BCUT2D eigenvalue weighted by atomic mass is 9.89. The van der Waals surface area contributed by atoms with Crippen LogP contribution >= 0.6 is 8.17 Å². The molecular weight excluding hydrogens is 609 g/mol. The summed E-state index contributed by atoms with van der Waals surface area (Å²) in [6.07, 6.45) is -4.74. The van der Waals surface area contributed by atoms with Crippen molar-refractivity contribution in [2.24, 2.45) is 4.74 Å². The first-order valence-corrected chi connectivity index (χ1v) is 14.8. The summed E-state index contributed by atoms with van der Waals surface area (Å²) in [5, 5.41) is 0. The SMILES string of the molecule is CC(=O)O[C@@H]1[C@H](C2(COc3ccccc3O[P+]([O-])=N[C@@H](C)C(=O)OC(C)C)CCCO2)OC(n2ccc(N)nc2=O)C1(F)F. The number of esters is 2. The fraction of sp³-hybridized carbons (Fsp3) is 0.556. The van der Waals surface area contributed by atoms with E-state index in [4.69, 9.17) is 33.9 Å². The van der Waals surface area contributed by atoms with Gasteiger partial charge in [-0.3, -0.25) is 13.9 Å². The van der Waals surface area contributed by atoms with Gasteiger partial charge in [-0.1, -0.05) is 16.9 Å². The highest BCUT2D eigenvalue weighted by Gasteiger charge is 2.68. The van der Waals surface area contributed by atoms with Gasteiger partial charge in [-0.05, 0) is 51.8 Å². The van der Waals surface area contributed by atoms with Gasteiger partial charge in [0.25, 0.3) is 0 Å². The summed E-state index contributed by atoms with van der Waals surface area (Å²) in [5.41, 5.74) is 2.85. The summed E-state index contributed by atoms with van der Waals surface area (Å²) < 4.78 is 69.4. The van der Waals surface area contributed by atoms with Crippen molar-refractivity contribution in [1.29, 1.82) is 0 Å². The smallest absolute Gasteiger partial charge is 0.395 e. The molecule has 2 aliphatic rings. The van der Waals surface area contributed by atoms with Crippen LogP contribution in [-0.2, 0) is 28.5 Å². The number of nitrogens with two attached hydrogens (primary N) is 1. The molecule has 6 atom stereocenters. The Morgan fingerprint density at radius 3 is 2.57 bits per heavy atom. The Bertz CT molecular complexity index is 1450. The monoisotopic (exact) mass is 642 g/mol. The number of nitrogen functional groups attached to an aromatic ring is 1. The number of rotatable bonds is 11. The molecule has 3 heterocycles. The van der Waals surface area contributed by atoms with Crippen LogP contribution in [0.25, 0.3) is 0 Å². The van der Waals surface area contributed by atoms with Crippen molar-refractivity contribution in [2.75, 3.05) is 18.9 Å². The van der Waals surface area contributed by atoms with Crippen molar-refractivity contribution in [3.63, 3.8) is 0 Å². The van der Waals surface area contributed by atoms with Gasteiger partial charge in [-0.15, -0.1) is 0 Å². The standard InChI is InChI=1S/C27H33F2N4O10P/c1-15(2)40-23(35)16(3)32-44(37)43-19-9-6-5-8-18(19)38-14-26(11-7-13-39-26)21-22(41-17(4)34)27(28,29)24(42-21)33-12-10-20(30)31-25(33)36/h5-6,8-10,12,15-16,21-22,24H,7,11,13-14H2,1-4H3,(H2,30,31,36)/t16-,21+,22+,24?,26?/m0/s1. The first kappa shape index (κ1) is 33.2. The summed E-state index contributed by atoms with van der Waals surface area (Å²) in [6, 6.07) is 6.17. The van der Waals surface area contributed by atoms with Crippen molar-refractivity contribution in [1.82, 2.24) is 9.55 Å². The van der Waals surface area contributed by atoms with E-state index < -0.39 is 68.4 Å². The molecule has 3 unspecified atom stereocenters. The maximum absolute atomic E-state index is 15.9. The predicted octanol–water partition coefficient (Wildman–Crippen LogP) is 2.49. The Labute approximate surface area is 252 Å². The minimum atomic E-state index is -3.90. The number of ether oxygens (including phenoxy) is 5. The molecule has 240 valence electrons. The van der Waals surface area contributed by atoms with Gasteiger partial charge in [0.05, 0.1) is 6.10 Å². The number of halogens is 2. The lowest BCUT2D eigenvalue weighted by Gasteiger charge is -2.36. The van der Waals surface area contributed by atoms with E-state index >= 15 is 8.78 Å². The fourth-order valence-electron chi connectivity index (χ4n) is 4.83. The molecule has 17 heteroatoms. The van der Waals surface area contributed by atoms with Gasteiger partial charge in [-0.25, -0.2) is 9.59 Å². The summed E-state index contributed by atoms with van der Waals surface area (Å²) in [5.74, 6) is -5.71. The Morgan fingerprint density at radius 1 is 1.25 bits per heavy atom. The normalized spacial score (nSPS) is 25.5. The number of hydrogen-bond donors (Lipinski definition) is 1. The van der Waals surface area contributed by atoms with Gasteiger partial charge in [0.15, 0.2) is 17.9 Å². The maximum atomic E-state index is 15.9. The number of alkyl halides is 2. The van der Waals surface area contributed by atoms with E-state index in [1.165, 1.54) is 19.1 Å². The van der Waals surface area contributed by atoms with Crippen molar-refractivity contribution < 1.29 is 51.5 Å². The molecule has 0 saturated carbocycles. The van der Waals surface area contributed by atoms with E-state index in [9.17, 15) is 19.3 Å². The number of para-hydroxylation sites is 2. The number of anilines is 1. The fourth-order valence-corrected chi connectivity index (χ4v) is 5.57. The average Bonchev–Trinajstić information content (AvgIpc) is 3.51. The maximum Gasteiger partial charge on any atom is 0.395 e. The summed E-state index contributed by atoms with van der Waals surface area (Å²) in [7, 11) is -2.75. The molecule has 0 spiro atoms. The minimum Gasteiger partial charge on any atom is -0.575 e. The summed E-state index contributed by atoms with van der Waals surface area (Å²) in [4.78, 5) is 52.6. The molecule has 0 aliphatic carbocycles. The van der Waals surface area contributed by atoms with Crippen molar-refractivity contribution >= 4 is 25.9 Å². The molecule has 44 heavy (non-hydrogen) atoms. The van der Waals surface area contributed by atoms with Crippen LogP contribution < -0.4 is 25.6 Å². The summed E-state index contributed by atoms with van der Waals surface area (Å²) in [6.45, 7) is 5.47. The Morgan fingerprint density at radius 2 is 1.95 bits per heavy atom. The molecule has 0 radical (unpaired) electrons. The highest BCUT2D eigenvalue weighted by molar-refractivity contribution is 7.34. The van der Waals surface area contributed by atoms with E-state index in [-0.39, 0.29) is 36.4 Å². The molecule has 2 fully saturated rings. The molecule has 1 aromatic heterocycles. The second-order valence-electron chi connectivity index (χ2n) is 10.5. The van der Waals surface area contributed by atoms with Crippen molar-refractivity contribution in [2.45, 2.75) is 82.6 Å². The number of carbonyl (C=O) groups is 2. The Hall–Kier alpha value is -3.72. The zero-order chi connectivity index (χ0) is 32.2. The van der Waals surface area contributed by atoms with Crippen molar-refractivity contribution in [3.8, 4) is 11.5 Å². The first-order chi connectivity index (χ1) is 20.7. The average molecular weight is 643 g/mol. The molecule has 2 aliphatic heterocycles. The number of hydrogen-bond acceptors (Lipinski definition) is 13. The van der Waals surface area contributed by atoms with Crippen LogP contribution in [0.15, 0.2) is 46.1 Å². The third-order valence-corrected chi connectivity index (χ3v) is 7.65. The molecule has 1 aromatic carbocycles. The van der Waals surface area contributed by atoms with Gasteiger partial charge in [0, 0.05) is 19.7 Å². The Balaban J connectivity index is 1.60. The number of carbonyl (C=O) groups excluding carboxylic acids is 2. The molecule has 4 rings (SSSR count). The molecule has 14 nitrogen and oxygen atoms in total. The highest BCUT2D eigenvalue weighted by atomic mass is 31.1. The number of benzene rings is 1. The van der Waals surface area contributed by atoms with Crippen LogP contribution in [0.5, 0.6) is 11.5 Å². The van der Waals surface area contributed by atoms with E-state index in [0.717, 1.165) is 19.2 Å². The molecule has 2 saturated heterocycles. The van der Waals surface area contributed by atoms with Crippen LogP contribution in [0, 0.1) is 0 Å². The van der Waals surface area contributed by atoms with Gasteiger partial charge in [0.1, 0.15) is 24.1 Å². The predicted molar refractivity (Wildman–Crippen MR) is 148 cm³/mol. The van der Waals surface area contributed by atoms with Crippen LogP contribution in [0.3, 0.4) is 0 Å². The van der Waals surface area contributed by atoms with E-state index in [2.05, 4.69) is 9.73 Å². The molecule has 2 N–H and O–H groups in total. The molecule has 0 bridgehead atoms. The highest BCUT2D eigenvalue weighted by Crippen LogP contribution is 2.50. The Kier molecular flexibility index (Phi) is 10.2. The third-order valence-electron chi connectivity index (χ3n) is 6.77. The van der Waals surface area contributed by atoms with Crippen LogP contribution in [0.4, 0.5) is 14.6 Å². The zero-order valence-electron chi connectivity index (χ0n) is 24.4. The second kappa shape index (κ2) is 13.5. The summed E-state index contributed by atoms with van der Waals surface area (Å²) >= 11 is 0. The van der Waals surface area contributed by atoms with Crippen LogP contribution in [0.1, 0.15) is 46.8 Å². The largest absolute Gasteiger partial charge is 0.575 e. The van der Waals surface area contributed by atoms with Gasteiger partial charge in [0.2, 0.25) is 12.0 Å². The van der Waals surface area contributed by atoms with Crippen LogP contribution in [-0.4, -0.2) is 70.6 Å². The number of aromatic nitrogens is 2. The number of nitrogens with zero attached hydrogens (tertiary/aromatic N) is 3. The van der Waals surface area contributed by atoms with Crippen LogP contribution in [0.2, 0.25) is 0 Å².